The van der Waals surface area contributed by atoms with Crippen LogP contribution in [0.2, 0.25) is 0 Å². The SMILES string of the molecule is COc1ccc(C(=O)N2CCC(N(C)C)C(c3nc(-c4cccnc4)no3)C2)cn1. The molecule has 0 bridgehead atoms. The zero-order valence-corrected chi connectivity index (χ0v) is 17.2. The highest BCUT2D eigenvalue weighted by Crippen LogP contribution is 2.31. The zero-order chi connectivity index (χ0) is 21.1. The molecule has 30 heavy (non-hydrogen) atoms. The third kappa shape index (κ3) is 4.02. The van der Waals surface area contributed by atoms with Crippen LogP contribution in [0.5, 0.6) is 5.88 Å². The Morgan fingerprint density at radius 1 is 1.27 bits per heavy atom. The van der Waals surface area contributed by atoms with Gasteiger partial charge >= 0.3 is 0 Å². The number of aromatic nitrogens is 4. The number of hydrogen-bond donors (Lipinski definition) is 0. The lowest BCUT2D eigenvalue weighted by Gasteiger charge is -2.39. The molecule has 1 saturated heterocycles. The molecule has 3 aromatic heterocycles. The molecular weight excluding hydrogens is 384 g/mol. The first-order valence-corrected chi connectivity index (χ1v) is 9.76. The summed E-state index contributed by atoms with van der Waals surface area (Å²) in [6.45, 7) is 1.14. The Kier molecular flexibility index (Phi) is 5.71. The van der Waals surface area contributed by atoms with Crippen LogP contribution < -0.4 is 4.74 Å². The van der Waals surface area contributed by atoms with Gasteiger partial charge in [-0.15, -0.1) is 0 Å². The minimum atomic E-state index is -0.0955. The molecular formula is C21H24N6O3. The maximum absolute atomic E-state index is 13.0. The van der Waals surface area contributed by atoms with E-state index in [2.05, 4.69) is 25.0 Å². The largest absolute Gasteiger partial charge is 0.481 e. The maximum atomic E-state index is 13.0. The van der Waals surface area contributed by atoms with Crippen LogP contribution in [0.3, 0.4) is 0 Å². The molecule has 9 nitrogen and oxygen atoms in total. The molecule has 1 amide bonds. The number of carbonyl (C=O) groups excluding carboxylic acids is 1. The van der Waals surface area contributed by atoms with E-state index in [4.69, 9.17) is 9.26 Å². The smallest absolute Gasteiger partial charge is 0.255 e. The highest BCUT2D eigenvalue weighted by molar-refractivity contribution is 5.94. The van der Waals surface area contributed by atoms with E-state index in [0.717, 1.165) is 12.0 Å². The third-order valence-corrected chi connectivity index (χ3v) is 5.40. The van der Waals surface area contributed by atoms with Gasteiger partial charge in [0.1, 0.15) is 0 Å². The van der Waals surface area contributed by atoms with Crippen LogP contribution in [0.15, 0.2) is 47.4 Å². The van der Waals surface area contributed by atoms with Gasteiger partial charge in [-0.3, -0.25) is 9.78 Å². The van der Waals surface area contributed by atoms with Gasteiger partial charge in [-0.2, -0.15) is 4.98 Å². The van der Waals surface area contributed by atoms with Gasteiger partial charge in [-0.05, 0) is 38.7 Å². The summed E-state index contributed by atoms with van der Waals surface area (Å²) in [6.07, 6.45) is 5.75. The number of rotatable bonds is 5. The number of ether oxygens (including phenoxy) is 1. The number of nitrogens with zero attached hydrogens (tertiary/aromatic N) is 6. The Hall–Kier alpha value is -3.33. The molecule has 1 aliphatic rings. The van der Waals surface area contributed by atoms with Gasteiger partial charge in [0.2, 0.25) is 17.6 Å². The van der Waals surface area contributed by atoms with Crippen molar-refractivity contribution in [2.45, 2.75) is 18.4 Å². The number of amides is 1. The molecule has 156 valence electrons. The lowest BCUT2D eigenvalue weighted by atomic mass is 9.90. The molecule has 0 spiro atoms. The quantitative estimate of drug-likeness (QED) is 0.633. The van der Waals surface area contributed by atoms with Crippen molar-refractivity contribution in [3.05, 3.63) is 54.3 Å². The first kappa shape index (κ1) is 20.0. The summed E-state index contributed by atoms with van der Waals surface area (Å²) in [5.41, 5.74) is 1.32. The predicted octanol–water partition coefficient (Wildman–Crippen LogP) is 2.10. The van der Waals surface area contributed by atoms with E-state index in [0.29, 0.717) is 36.2 Å². The monoisotopic (exact) mass is 408 g/mol. The average molecular weight is 408 g/mol. The Morgan fingerprint density at radius 2 is 2.13 bits per heavy atom. The van der Waals surface area contributed by atoms with Crippen molar-refractivity contribution in [1.82, 2.24) is 29.9 Å². The first-order chi connectivity index (χ1) is 14.6. The Morgan fingerprint density at radius 3 is 2.80 bits per heavy atom. The molecule has 4 rings (SSSR count). The van der Waals surface area contributed by atoms with E-state index in [1.165, 1.54) is 0 Å². The fourth-order valence-corrected chi connectivity index (χ4v) is 3.79. The summed E-state index contributed by atoms with van der Waals surface area (Å²) in [5.74, 6) is 1.34. The normalized spacial score (nSPS) is 19.1. The highest BCUT2D eigenvalue weighted by atomic mass is 16.5. The lowest BCUT2D eigenvalue weighted by Crippen LogP contribution is -2.49. The zero-order valence-electron chi connectivity index (χ0n) is 17.2. The number of hydrogen-bond acceptors (Lipinski definition) is 8. The van der Waals surface area contributed by atoms with Crippen molar-refractivity contribution in [1.29, 1.82) is 0 Å². The van der Waals surface area contributed by atoms with E-state index >= 15 is 0 Å². The molecule has 0 N–H and O–H groups in total. The van der Waals surface area contributed by atoms with Crippen LogP contribution in [0, 0.1) is 0 Å². The fraction of sp³-hybridized carbons (Fsp3) is 0.381. The maximum Gasteiger partial charge on any atom is 0.255 e. The van der Waals surface area contributed by atoms with E-state index in [1.807, 2.05) is 31.1 Å². The van der Waals surface area contributed by atoms with Crippen LogP contribution >= 0.6 is 0 Å². The fourth-order valence-electron chi connectivity index (χ4n) is 3.79. The third-order valence-electron chi connectivity index (χ3n) is 5.40. The summed E-state index contributed by atoms with van der Waals surface area (Å²) in [7, 11) is 5.60. The van der Waals surface area contributed by atoms with Crippen molar-refractivity contribution in [2.24, 2.45) is 0 Å². The van der Waals surface area contributed by atoms with Crippen LogP contribution in [0.1, 0.15) is 28.6 Å². The van der Waals surface area contributed by atoms with Crippen molar-refractivity contribution in [2.75, 3.05) is 34.3 Å². The van der Waals surface area contributed by atoms with Gasteiger partial charge < -0.3 is 19.1 Å². The average Bonchev–Trinajstić information content (AvgIpc) is 3.29. The van der Waals surface area contributed by atoms with Crippen LogP contribution in [0.25, 0.3) is 11.4 Å². The van der Waals surface area contributed by atoms with E-state index in [-0.39, 0.29) is 17.9 Å². The lowest BCUT2D eigenvalue weighted by molar-refractivity contribution is 0.0589. The molecule has 0 aliphatic carbocycles. The van der Waals surface area contributed by atoms with Crippen LogP contribution in [0.4, 0.5) is 0 Å². The number of piperidine rings is 1. The van der Waals surface area contributed by atoms with E-state index < -0.39 is 0 Å². The first-order valence-electron chi connectivity index (χ1n) is 9.76. The number of carbonyl (C=O) groups is 1. The van der Waals surface area contributed by atoms with Crippen molar-refractivity contribution in [3.63, 3.8) is 0 Å². The molecule has 0 radical (unpaired) electrons. The number of methoxy groups -OCH3 is 1. The molecule has 3 aromatic rings. The molecule has 0 aromatic carbocycles. The van der Waals surface area contributed by atoms with Gasteiger partial charge in [0.15, 0.2) is 0 Å². The molecule has 2 unspecified atom stereocenters. The second kappa shape index (κ2) is 8.58. The Balaban J connectivity index is 1.57. The van der Waals surface area contributed by atoms with Crippen molar-refractivity contribution in [3.8, 4) is 17.3 Å². The summed E-state index contributed by atoms with van der Waals surface area (Å²) in [4.78, 5) is 29.9. The van der Waals surface area contributed by atoms with Crippen LogP contribution in [-0.4, -0.2) is 76.2 Å². The molecule has 9 heteroatoms. The van der Waals surface area contributed by atoms with Gasteiger partial charge in [0.05, 0.1) is 18.6 Å². The topological polar surface area (TPSA) is 97.5 Å². The molecule has 2 atom stereocenters. The van der Waals surface area contributed by atoms with Gasteiger partial charge in [-0.1, -0.05) is 5.16 Å². The van der Waals surface area contributed by atoms with Gasteiger partial charge in [-0.25, -0.2) is 4.98 Å². The minimum absolute atomic E-state index is 0.0700. The number of likely N-dealkylation sites (N-methyl/N-ethyl adjacent to an activating group) is 1. The standard InChI is InChI=1S/C21H24N6O3/c1-26(2)17-8-10-27(21(28)15-6-7-18(29-3)23-12-15)13-16(17)20-24-19(25-30-20)14-5-4-9-22-11-14/h4-7,9,11-12,16-17H,8,10,13H2,1-3H3. The second-order valence-corrected chi connectivity index (χ2v) is 7.46. The highest BCUT2D eigenvalue weighted by Gasteiger charge is 2.37. The summed E-state index contributed by atoms with van der Waals surface area (Å²) in [6, 6.07) is 7.32. The predicted molar refractivity (Wildman–Crippen MR) is 109 cm³/mol. The molecule has 4 heterocycles. The number of likely N-dealkylation sites (tertiary alicyclic amines) is 1. The van der Waals surface area contributed by atoms with Gasteiger partial charge in [0, 0.05) is 49.4 Å². The van der Waals surface area contributed by atoms with Gasteiger partial charge in [0.25, 0.3) is 5.91 Å². The Bertz CT molecular complexity index is 989. The second-order valence-electron chi connectivity index (χ2n) is 7.46. The molecule has 0 saturated carbocycles. The molecule has 1 fully saturated rings. The minimum Gasteiger partial charge on any atom is -0.481 e. The summed E-state index contributed by atoms with van der Waals surface area (Å²) in [5, 5.41) is 4.13. The van der Waals surface area contributed by atoms with Crippen LogP contribution in [-0.2, 0) is 0 Å². The number of pyridine rings is 2. The van der Waals surface area contributed by atoms with E-state index in [9.17, 15) is 4.79 Å². The van der Waals surface area contributed by atoms with E-state index in [1.54, 1.807) is 37.8 Å². The molecule has 1 aliphatic heterocycles. The van der Waals surface area contributed by atoms with Crippen molar-refractivity contribution < 1.29 is 14.1 Å². The Labute approximate surface area is 174 Å². The summed E-state index contributed by atoms with van der Waals surface area (Å²) >= 11 is 0. The summed E-state index contributed by atoms with van der Waals surface area (Å²) < 4.78 is 10.7. The van der Waals surface area contributed by atoms with Crippen molar-refractivity contribution >= 4 is 5.91 Å².